The summed E-state index contributed by atoms with van der Waals surface area (Å²) in [4.78, 5) is 16.0. The standard InChI is InChI=1S/C16H17NO3S/c1-3-12-14(8-9-16(18)19)21-15(17-12)10-20-13-7-5-4-6-11(13)2/h4-9H,3,10H2,1-2H3,(H,18,19)/b9-8+. The average molecular weight is 303 g/mol. The number of hydrogen-bond donors (Lipinski definition) is 1. The van der Waals surface area contributed by atoms with Crippen LogP contribution in [0, 0.1) is 6.92 Å². The number of thiazole rings is 1. The molecule has 0 atom stereocenters. The number of aryl methyl sites for hydroxylation is 2. The van der Waals surface area contributed by atoms with Gasteiger partial charge in [-0.15, -0.1) is 11.3 Å². The number of carboxylic acid groups (broad SMARTS) is 1. The van der Waals surface area contributed by atoms with E-state index in [2.05, 4.69) is 4.98 Å². The summed E-state index contributed by atoms with van der Waals surface area (Å²) in [6.45, 7) is 4.39. The minimum Gasteiger partial charge on any atom is -0.486 e. The van der Waals surface area contributed by atoms with Gasteiger partial charge in [-0.2, -0.15) is 0 Å². The van der Waals surface area contributed by atoms with Gasteiger partial charge in [0.25, 0.3) is 0 Å². The van der Waals surface area contributed by atoms with Crippen LogP contribution in [0.25, 0.3) is 6.08 Å². The van der Waals surface area contributed by atoms with E-state index in [4.69, 9.17) is 9.84 Å². The van der Waals surface area contributed by atoms with Gasteiger partial charge in [0.2, 0.25) is 0 Å². The molecule has 2 aromatic rings. The summed E-state index contributed by atoms with van der Waals surface area (Å²) < 4.78 is 5.77. The Labute approximate surface area is 127 Å². The number of ether oxygens (including phenoxy) is 1. The molecule has 0 radical (unpaired) electrons. The lowest BCUT2D eigenvalue weighted by Crippen LogP contribution is -1.96. The molecule has 0 unspecified atom stereocenters. The molecular formula is C16H17NO3S. The van der Waals surface area contributed by atoms with Crippen molar-refractivity contribution >= 4 is 23.4 Å². The predicted molar refractivity (Wildman–Crippen MR) is 83.7 cm³/mol. The number of hydrogen-bond acceptors (Lipinski definition) is 4. The van der Waals surface area contributed by atoms with Gasteiger partial charge in [0.05, 0.1) is 10.6 Å². The third-order valence-electron chi connectivity index (χ3n) is 2.93. The summed E-state index contributed by atoms with van der Waals surface area (Å²) in [5.41, 5.74) is 1.98. The van der Waals surface area contributed by atoms with Crippen molar-refractivity contribution < 1.29 is 14.6 Å². The van der Waals surface area contributed by atoms with Crippen LogP contribution in [0.15, 0.2) is 30.3 Å². The number of carboxylic acids is 1. The van der Waals surface area contributed by atoms with E-state index in [0.717, 1.165) is 39.4 Å². The third kappa shape index (κ3) is 4.16. The summed E-state index contributed by atoms with van der Waals surface area (Å²) in [5, 5.41) is 9.55. The molecule has 1 aromatic heterocycles. The van der Waals surface area contributed by atoms with E-state index in [9.17, 15) is 4.79 Å². The fourth-order valence-electron chi connectivity index (χ4n) is 1.86. The molecule has 1 N–H and O–H groups in total. The second-order valence-corrected chi connectivity index (χ2v) is 5.61. The maximum atomic E-state index is 10.6. The molecule has 0 amide bonds. The van der Waals surface area contributed by atoms with Crippen LogP contribution in [0.2, 0.25) is 0 Å². The van der Waals surface area contributed by atoms with Gasteiger partial charge in [-0.05, 0) is 31.1 Å². The first-order valence-corrected chi connectivity index (χ1v) is 7.49. The Kier molecular flexibility index (Phi) is 5.11. The van der Waals surface area contributed by atoms with E-state index in [1.807, 2.05) is 38.1 Å². The topological polar surface area (TPSA) is 59.4 Å². The summed E-state index contributed by atoms with van der Waals surface area (Å²) in [6.07, 6.45) is 3.49. The quantitative estimate of drug-likeness (QED) is 0.827. The van der Waals surface area contributed by atoms with Crippen LogP contribution in [-0.4, -0.2) is 16.1 Å². The fraction of sp³-hybridized carbons (Fsp3) is 0.250. The number of aromatic nitrogens is 1. The summed E-state index contributed by atoms with van der Waals surface area (Å²) in [7, 11) is 0. The highest BCUT2D eigenvalue weighted by molar-refractivity contribution is 7.12. The van der Waals surface area contributed by atoms with Crippen LogP contribution >= 0.6 is 11.3 Å². The van der Waals surface area contributed by atoms with Gasteiger partial charge in [-0.1, -0.05) is 25.1 Å². The molecule has 110 valence electrons. The Balaban J connectivity index is 2.11. The van der Waals surface area contributed by atoms with E-state index < -0.39 is 5.97 Å². The fourth-order valence-corrected chi connectivity index (χ4v) is 2.84. The van der Waals surface area contributed by atoms with Gasteiger partial charge >= 0.3 is 5.97 Å². The van der Waals surface area contributed by atoms with Crippen molar-refractivity contribution in [2.24, 2.45) is 0 Å². The van der Waals surface area contributed by atoms with Crippen molar-refractivity contribution in [2.45, 2.75) is 26.9 Å². The average Bonchev–Trinajstić information content (AvgIpc) is 2.86. The lowest BCUT2D eigenvalue weighted by molar-refractivity contribution is -0.131. The van der Waals surface area contributed by atoms with Gasteiger partial charge in [0.15, 0.2) is 0 Å². The predicted octanol–water partition coefficient (Wildman–Crippen LogP) is 3.69. The SMILES string of the molecule is CCc1nc(COc2ccccc2C)sc1/C=C/C(=O)O. The Bertz CT molecular complexity index is 661. The zero-order chi connectivity index (χ0) is 15.2. The molecule has 0 aliphatic rings. The Morgan fingerprint density at radius 3 is 2.86 bits per heavy atom. The van der Waals surface area contributed by atoms with Gasteiger partial charge < -0.3 is 9.84 Å². The number of para-hydroxylation sites is 1. The highest BCUT2D eigenvalue weighted by atomic mass is 32.1. The minimum atomic E-state index is -0.955. The first-order chi connectivity index (χ1) is 10.1. The highest BCUT2D eigenvalue weighted by Gasteiger charge is 2.09. The minimum absolute atomic E-state index is 0.392. The second kappa shape index (κ2) is 7.04. The first-order valence-electron chi connectivity index (χ1n) is 6.68. The lowest BCUT2D eigenvalue weighted by Gasteiger charge is -2.06. The summed E-state index contributed by atoms with van der Waals surface area (Å²) in [5.74, 6) is -0.114. The number of aliphatic carboxylic acids is 1. The maximum Gasteiger partial charge on any atom is 0.328 e. The zero-order valence-electron chi connectivity index (χ0n) is 12.0. The first kappa shape index (κ1) is 15.3. The molecular weight excluding hydrogens is 286 g/mol. The molecule has 21 heavy (non-hydrogen) atoms. The molecule has 0 spiro atoms. The van der Waals surface area contributed by atoms with Crippen molar-refractivity contribution in [3.8, 4) is 5.75 Å². The van der Waals surface area contributed by atoms with E-state index in [1.165, 1.54) is 11.3 Å². The molecule has 0 fully saturated rings. The van der Waals surface area contributed by atoms with Gasteiger partial charge in [0.1, 0.15) is 17.4 Å². The molecule has 2 rings (SSSR count). The molecule has 0 aliphatic heterocycles. The zero-order valence-corrected chi connectivity index (χ0v) is 12.8. The van der Waals surface area contributed by atoms with Crippen molar-refractivity contribution in [2.75, 3.05) is 0 Å². The van der Waals surface area contributed by atoms with E-state index >= 15 is 0 Å². The van der Waals surface area contributed by atoms with Crippen molar-refractivity contribution in [3.63, 3.8) is 0 Å². The number of carbonyl (C=O) groups is 1. The maximum absolute atomic E-state index is 10.6. The Morgan fingerprint density at radius 1 is 1.43 bits per heavy atom. The van der Waals surface area contributed by atoms with Crippen LogP contribution in [0.3, 0.4) is 0 Å². The molecule has 0 saturated carbocycles. The van der Waals surface area contributed by atoms with E-state index in [0.29, 0.717) is 6.61 Å². The molecule has 5 heteroatoms. The Morgan fingerprint density at radius 2 is 2.19 bits per heavy atom. The van der Waals surface area contributed by atoms with Crippen molar-refractivity contribution in [1.82, 2.24) is 4.98 Å². The molecule has 0 aliphatic carbocycles. The van der Waals surface area contributed by atoms with E-state index in [-0.39, 0.29) is 0 Å². The molecule has 0 bridgehead atoms. The van der Waals surface area contributed by atoms with Crippen LogP contribution in [-0.2, 0) is 17.8 Å². The van der Waals surface area contributed by atoms with Gasteiger partial charge in [-0.3, -0.25) is 0 Å². The second-order valence-electron chi connectivity index (χ2n) is 4.50. The van der Waals surface area contributed by atoms with Crippen molar-refractivity contribution in [1.29, 1.82) is 0 Å². The lowest BCUT2D eigenvalue weighted by atomic mass is 10.2. The van der Waals surface area contributed by atoms with Gasteiger partial charge in [-0.25, -0.2) is 9.78 Å². The van der Waals surface area contributed by atoms with Crippen LogP contribution in [0.4, 0.5) is 0 Å². The monoisotopic (exact) mass is 303 g/mol. The van der Waals surface area contributed by atoms with E-state index in [1.54, 1.807) is 6.08 Å². The normalized spacial score (nSPS) is 11.0. The van der Waals surface area contributed by atoms with Crippen LogP contribution in [0.5, 0.6) is 5.75 Å². The van der Waals surface area contributed by atoms with Crippen LogP contribution < -0.4 is 4.74 Å². The summed E-state index contributed by atoms with van der Waals surface area (Å²) >= 11 is 1.46. The number of rotatable bonds is 6. The number of benzene rings is 1. The molecule has 1 heterocycles. The van der Waals surface area contributed by atoms with Gasteiger partial charge in [0, 0.05) is 6.08 Å². The summed E-state index contributed by atoms with van der Waals surface area (Å²) in [6, 6.07) is 7.82. The number of nitrogens with zero attached hydrogens (tertiary/aromatic N) is 1. The largest absolute Gasteiger partial charge is 0.486 e. The smallest absolute Gasteiger partial charge is 0.328 e. The van der Waals surface area contributed by atoms with Crippen molar-refractivity contribution in [3.05, 3.63) is 51.5 Å². The molecule has 1 aromatic carbocycles. The Hall–Kier alpha value is -2.14. The van der Waals surface area contributed by atoms with Crippen LogP contribution in [0.1, 0.15) is 28.1 Å². The molecule has 4 nitrogen and oxygen atoms in total. The highest BCUT2D eigenvalue weighted by Crippen LogP contribution is 2.23. The molecule has 0 saturated heterocycles. The third-order valence-corrected chi connectivity index (χ3v) is 3.97.